The summed E-state index contributed by atoms with van der Waals surface area (Å²) >= 11 is 0. The van der Waals surface area contributed by atoms with Crippen LogP contribution < -0.4 is 16.4 Å². The van der Waals surface area contributed by atoms with E-state index in [1.165, 1.54) is 37.8 Å². The Labute approximate surface area is 249 Å². The monoisotopic (exact) mass is 571 g/mol. The summed E-state index contributed by atoms with van der Waals surface area (Å²) in [5, 5.41) is 23.1. The minimum absolute atomic E-state index is 0.0535. The van der Waals surface area contributed by atoms with Crippen molar-refractivity contribution in [1.82, 2.24) is 35.0 Å². The van der Waals surface area contributed by atoms with E-state index in [4.69, 9.17) is 16.6 Å². The Hall–Kier alpha value is -3.67. The van der Waals surface area contributed by atoms with Gasteiger partial charge in [-0.1, -0.05) is 6.08 Å². The Morgan fingerprint density at radius 1 is 1.10 bits per heavy atom. The predicted molar refractivity (Wildman–Crippen MR) is 169 cm³/mol. The summed E-state index contributed by atoms with van der Waals surface area (Å²) in [4.78, 5) is 21.0. The van der Waals surface area contributed by atoms with Crippen molar-refractivity contribution in [2.45, 2.75) is 38.1 Å². The van der Waals surface area contributed by atoms with Crippen molar-refractivity contribution >= 4 is 29.1 Å². The van der Waals surface area contributed by atoms with Crippen LogP contribution in [0.4, 0.5) is 11.6 Å². The molecule has 42 heavy (non-hydrogen) atoms. The largest absolute Gasteiger partial charge is 0.401 e. The van der Waals surface area contributed by atoms with E-state index < -0.39 is 0 Å². The van der Waals surface area contributed by atoms with Crippen LogP contribution in [0.3, 0.4) is 0 Å². The topological polar surface area (TPSA) is 146 Å². The molecule has 1 saturated heterocycles. The van der Waals surface area contributed by atoms with Crippen LogP contribution in [-0.2, 0) is 0 Å². The summed E-state index contributed by atoms with van der Waals surface area (Å²) in [6.45, 7) is 7.31. The van der Waals surface area contributed by atoms with Crippen LogP contribution in [0.2, 0.25) is 0 Å². The number of nitrogens with two attached hydrogens (primary N) is 1. The average Bonchev–Trinajstić information content (AvgIpc) is 3.79. The van der Waals surface area contributed by atoms with Crippen LogP contribution >= 0.6 is 0 Å². The maximum absolute atomic E-state index is 8.89. The minimum atomic E-state index is 0.0535. The first kappa shape index (κ1) is 29.8. The standard InChI is InChI=1S/C31H45N11/c1-35-11-4-3-5-27(33)26(18-32)31-36-12-10-29(39-31)38-28-9-6-22(19-37-28)30(34)23-17-25(40(2)20-23)21-41-13-15-42(16-14-41)24-7-8-24/h6,9-10,12,17-19,23-24,32,34-35H,3-5,7-8,11,13-16,20-21,33H2,1-2H3,(H,36,37,38,39)/b27-26+,32-18?,34-30?. The van der Waals surface area contributed by atoms with Gasteiger partial charge < -0.3 is 32.1 Å². The number of rotatable bonds is 14. The SMILES string of the molecule is CNCCCC/C(N)=C(/C=N)c1nccc(Nc2ccc(C(=N)C3C=C(CN4CCN(C5CC5)CC4)N(C)C3)cn2)n1. The highest BCUT2D eigenvalue weighted by molar-refractivity contribution is 6.07. The third-order valence-corrected chi connectivity index (χ3v) is 8.42. The maximum atomic E-state index is 8.89. The van der Waals surface area contributed by atoms with Gasteiger partial charge in [-0.3, -0.25) is 9.80 Å². The molecule has 224 valence electrons. The molecule has 0 aromatic carbocycles. The van der Waals surface area contributed by atoms with Crippen LogP contribution in [0.5, 0.6) is 0 Å². The number of pyridine rings is 1. The summed E-state index contributed by atoms with van der Waals surface area (Å²) in [6.07, 6.45) is 12.3. The number of hydrogen-bond donors (Lipinski definition) is 5. The fraction of sp³-hybridized carbons (Fsp3) is 0.516. The van der Waals surface area contributed by atoms with Crippen molar-refractivity contribution in [1.29, 1.82) is 10.8 Å². The number of likely N-dealkylation sites (N-methyl/N-ethyl adjacent to an activating group) is 1. The lowest BCUT2D eigenvalue weighted by molar-refractivity contribution is 0.129. The van der Waals surface area contributed by atoms with E-state index in [-0.39, 0.29) is 5.92 Å². The Morgan fingerprint density at radius 3 is 2.60 bits per heavy atom. The second kappa shape index (κ2) is 14.0. The van der Waals surface area contributed by atoms with Gasteiger partial charge in [0.2, 0.25) is 0 Å². The van der Waals surface area contributed by atoms with Crippen molar-refractivity contribution in [3.05, 3.63) is 59.5 Å². The number of unbranched alkanes of at least 4 members (excludes halogenated alkanes) is 1. The van der Waals surface area contributed by atoms with E-state index in [1.54, 1.807) is 18.5 Å². The lowest BCUT2D eigenvalue weighted by Crippen LogP contribution is -2.48. The van der Waals surface area contributed by atoms with Gasteiger partial charge in [0.15, 0.2) is 5.82 Å². The van der Waals surface area contributed by atoms with E-state index in [0.29, 0.717) is 40.9 Å². The Balaban J connectivity index is 1.17. The maximum Gasteiger partial charge on any atom is 0.164 e. The molecule has 3 aliphatic rings. The van der Waals surface area contributed by atoms with Gasteiger partial charge in [0.1, 0.15) is 11.6 Å². The highest BCUT2D eigenvalue weighted by atomic mass is 15.3. The number of allylic oxidation sites excluding steroid dienone is 2. The molecule has 0 amide bonds. The molecule has 5 rings (SSSR count). The second-order valence-corrected chi connectivity index (χ2v) is 11.6. The molecule has 2 fully saturated rings. The first-order valence-corrected chi connectivity index (χ1v) is 15.1. The first-order valence-electron chi connectivity index (χ1n) is 15.1. The molecular weight excluding hydrogens is 526 g/mol. The highest BCUT2D eigenvalue weighted by Crippen LogP contribution is 2.28. The Morgan fingerprint density at radius 2 is 1.90 bits per heavy atom. The Bertz CT molecular complexity index is 1290. The molecular formula is C31H45N11. The summed E-state index contributed by atoms with van der Waals surface area (Å²) < 4.78 is 0. The molecule has 1 atom stereocenters. The van der Waals surface area contributed by atoms with Crippen LogP contribution in [-0.4, -0.2) is 108 Å². The Kier molecular flexibility index (Phi) is 9.93. The molecule has 11 heteroatoms. The van der Waals surface area contributed by atoms with Gasteiger partial charge in [0.05, 0.1) is 5.57 Å². The highest BCUT2D eigenvalue weighted by Gasteiger charge is 2.32. The number of anilines is 2. The van der Waals surface area contributed by atoms with Gasteiger partial charge in [-0.25, -0.2) is 15.0 Å². The molecule has 4 heterocycles. The molecule has 0 spiro atoms. The van der Waals surface area contributed by atoms with Gasteiger partial charge in [0.25, 0.3) is 0 Å². The van der Waals surface area contributed by atoms with Gasteiger partial charge >= 0.3 is 0 Å². The molecule has 0 radical (unpaired) electrons. The zero-order chi connectivity index (χ0) is 29.5. The number of nitrogens with zero attached hydrogens (tertiary/aromatic N) is 6. The van der Waals surface area contributed by atoms with Crippen molar-refractivity contribution < 1.29 is 0 Å². The summed E-state index contributed by atoms with van der Waals surface area (Å²) in [5.41, 5.74) is 10.2. The lowest BCUT2D eigenvalue weighted by Gasteiger charge is -2.35. The second-order valence-electron chi connectivity index (χ2n) is 11.6. The number of aromatic nitrogens is 3. The summed E-state index contributed by atoms with van der Waals surface area (Å²) in [6, 6.07) is 6.43. The number of hydrogen-bond acceptors (Lipinski definition) is 11. The van der Waals surface area contributed by atoms with Crippen LogP contribution in [0.15, 0.2) is 48.1 Å². The molecule has 0 bridgehead atoms. The zero-order valence-electron chi connectivity index (χ0n) is 24.9. The molecule has 6 N–H and O–H groups in total. The van der Waals surface area contributed by atoms with E-state index in [1.807, 2.05) is 19.2 Å². The quantitative estimate of drug-likeness (QED) is 0.171. The predicted octanol–water partition coefficient (Wildman–Crippen LogP) is 2.92. The van der Waals surface area contributed by atoms with Gasteiger partial charge in [-0.05, 0) is 63.9 Å². The molecule has 1 unspecified atom stereocenters. The number of piperazine rings is 1. The molecule has 2 aromatic heterocycles. The first-order chi connectivity index (χ1) is 20.4. The van der Waals surface area contributed by atoms with E-state index in [2.05, 4.69) is 53.4 Å². The summed E-state index contributed by atoms with van der Waals surface area (Å²) in [5.74, 6) is 1.66. The molecule has 2 aliphatic heterocycles. The zero-order valence-corrected chi connectivity index (χ0v) is 24.9. The van der Waals surface area contributed by atoms with Crippen molar-refractivity contribution in [2.75, 3.05) is 65.2 Å². The van der Waals surface area contributed by atoms with Crippen LogP contribution in [0.1, 0.15) is 43.5 Å². The average molecular weight is 572 g/mol. The van der Waals surface area contributed by atoms with E-state index >= 15 is 0 Å². The smallest absolute Gasteiger partial charge is 0.164 e. The van der Waals surface area contributed by atoms with Crippen molar-refractivity contribution in [3.8, 4) is 0 Å². The number of nitrogens with one attached hydrogen (secondary N) is 4. The third-order valence-electron chi connectivity index (χ3n) is 8.42. The van der Waals surface area contributed by atoms with Gasteiger partial charge in [-0.15, -0.1) is 0 Å². The van der Waals surface area contributed by atoms with E-state index in [0.717, 1.165) is 57.2 Å². The normalized spacial score (nSPS) is 20.3. The van der Waals surface area contributed by atoms with Crippen LogP contribution in [0.25, 0.3) is 5.57 Å². The molecule has 1 saturated carbocycles. The molecule has 1 aliphatic carbocycles. The van der Waals surface area contributed by atoms with Gasteiger partial charge in [-0.2, -0.15) is 0 Å². The molecule has 2 aromatic rings. The molecule has 11 nitrogen and oxygen atoms in total. The lowest BCUT2D eigenvalue weighted by atomic mass is 9.99. The minimum Gasteiger partial charge on any atom is -0.401 e. The fourth-order valence-electron chi connectivity index (χ4n) is 5.71. The van der Waals surface area contributed by atoms with E-state index in [9.17, 15) is 0 Å². The van der Waals surface area contributed by atoms with Crippen LogP contribution in [0, 0.1) is 16.7 Å². The summed E-state index contributed by atoms with van der Waals surface area (Å²) in [7, 11) is 4.07. The van der Waals surface area contributed by atoms with Crippen molar-refractivity contribution in [2.24, 2.45) is 11.7 Å². The third kappa shape index (κ3) is 7.58. The van der Waals surface area contributed by atoms with Crippen molar-refractivity contribution in [3.63, 3.8) is 0 Å². The van der Waals surface area contributed by atoms with Gasteiger partial charge in [0, 0.05) is 99.6 Å². The fourth-order valence-corrected chi connectivity index (χ4v) is 5.71.